The Hall–Kier alpha value is -1.96. The maximum Gasteiger partial charge on any atom is 0.121 e. The molecule has 0 aromatic heterocycles. The van der Waals surface area contributed by atoms with Crippen LogP contribution in [0.5, 0.6) is 11.5 Å². The number of hydrogen-bond acceptors (Lipinski definition) is 2. The maximum atomic E-state index is 10.2. The molecule has 0 saturated carbocycles. The number of fused-ring (bicyclic) bond motifs is 4. The highest BCUT2D eigenvalue weighted by Crippen LogP contribution is 2.31. The van der Waals surface area contributed by atoms with Crippen molar-refractivity contribution in [1.82, 2.24) is 0 Å². The van der Waals surface area contributed by atoms with Crippen LogP contribution in [0.15, 0.2) is 36.4 Å². The van der Waals surface area contributed by atoms with Gasteiger partial charge in [0.05, 0.1) is 0 Å². The molecule has 0 aliphatic heterocycles. The van der Waals surface area contributed by atoms with E-state index in [2.05, 4.69) is 0 Å². The van der Waals surface area contributed by atoms with Crippen LogP contribution >= 0.6 is 0 Å². The summed E-state index contributed by atoms with van der Waals surface area (Å²) in [5, 5.41) is 20.4. The SMILES string of the molecule is Oc1c2cccc1CCc1cccc(c1O)CC2. The lowest BCUT2D eigenvalue weighted by molar-refractivity contribution is 0.450. The van der Waals surface area contributed by atoms with Crippen LogP contribution in [0, 0.1) is 0 Å². The summed E-state index contributed by atoms with van der Waals surface area (Å²) in [6, 6.07) is 11.8. The molecule has 0 spiro atoms. The monoisotopic (exact) mass is 240 g/mol. The van der Waals surface area contributed by atoms with E-state index in [-0.39, 0.29) is 0 Å². The minimum atomic E-state index is 0.433. The third-order valence-corrected chi connectivity index (χ3v) is 3.73. The lowest BCUT2D eigenvalue weighted by atomic mass is 9.93. The predicted molar refractivity (Wildman–Crippen MR) is 71.0 cm³/mol. The second-order valence-corrected chi connectivity index (χ2v) is 4.85. The first kappa shape index (κ1) is 11.1. The van der Waals surface area contributed by atoms with Gasteiger partial charge in [0.25, 0.3) is 0 Å². The fraction of sp³-hybridized carbons (Fsp3) is 0.250. The fourth-order valence-corrected chi connectivity index (χ4v) is 2.63. The molecule has 92 valence electrons. The molecule has 4 bridgehead atoms. The maximum absolute atomic E-state index is 10.2. The van der Waals surface area contributed by atoms with Gasteiger partial charge < -0.3 is 10.2 Å². The van der Waals surface area contributed by atoms with Gasteiger partial charge in [0.1, 0.15) is 11.5 Å². The summed E-state index contributed by atoms with van der Waals surface area (Å²) in [5.74, 6) is 0.865. The Kier molecular flexibility index (Phi) is 2.71. The molecule has 1 aliphatic carbocycles. The van der Waals surface area contributed by atoms with E-state index in [1.165, 1.54) is 0 Å². The van der Waals surface area contributed by atoms with E-state index in [1.807, 2.05) is 36.4 Å². The van der Waals surface area contributed by atoms with Gasteiger partial charge >= 0.3 is 0 Å². The van der Waals surface area contributed by atoms with E-state index in [0.717, 1.165) is 47.9 Å². The van der Waals surface area contributed by atoms with Crippen LogP contribution in [0.2, 0.25) is 0 Å². The summed E-state index contributed by atoms with van der Waals surface area (Å²) in [5.41, 5.74) is 3.89. The zero-order chi connectivity index (χ0) is 12.5. The molecule has 3 rings (SSSR count). The molecule has 0 amide bonds. The van der Waals surface area contributed by atoms with Gasteiger partial charge in [0, 0.05) is 0 Å². The molecule has 2 aromatic carbocycles. The molecule has 2 N–H and O–H groups in total. The minimum absolute atomic E-state index is 0.433. The Balaban J connectivity index is 2.07. The van der Waals surface area contributed by atoms with E-state index >= 15 is 0 Å². The molecule has 0 unspecified atom stereocenters. The summed E-state index contributed by atoms with van der Waals surface area (Å²) < 4.78 is 0. The van der Waals surface area contributed by atoms with E-state index < -0.39 is 0 Å². The fourth-order valence-electron chi connectivity index (χ4n) is 2.63. The number of phenols is 2. The molecule has 0 atom stereocenters. The first-order valence-electron chi connectivity index (χ1n) is 6.35. The van der Waals surface area contributed by atoms with Crippen molar-refractivity contribution in [1.29, 1.82) is 0 Å². The molecule has 2 aromatic rings. The number of rotatable bonds is 0. The van der Waals surface area contributed by atoms with Crippen LogP contribution < -0.4 is 0 Å². The second-order valence-electron chi connectivity index (χ2n) is 4.85. The lowest BCUT2D eigenvalue weighted by Crippen LogP contribution is -2.01. The number of aromatic hydroxyl groups is 2. The summed E-state index contributed by atoms with van der Waals surface area (Å²) in [7, 11) is 0. The van der Waals surface area contributed by atoms with E-state index in [9.17, 15) is 10.2 Å². The van der Waals surface area contributed by atoms with Crippen molar-refractivity contribution in [2.24, 2.45) is 0 Å². The van der Waals surface area contributed by atoms with Gasteiger partial charge in [-0.15, -0.1) is 0 Å². The topological polar surface area (TPSA) is 40.5 Å². The van der Waals surface area contributed by atoms with Crippen LogP contribution in [0.1, 0.15) is 22.3 Å². The molecule has 0 radical (unpaired) electrons. The van der Waals surface area contributed by atoms with Gasteiger partial charge in [-0.05, 0) is 47.9 Å². The third kappa shape index (κ3) is 1.84. The van der Waals surface area contributed by atoms with Crippen LogP contribution in [0.3, 0.4) is 0 Å². The minimum Gasteiger partial charge on any atom is -0.507 e. The van der Waals surface area contributed by atoms with Crippen LogP contribution in [0.25, 0.3) is 0 Å². The number of para-hydroxylation sites is 2. The van der Waals surface area contributed by atoms with E-state index in [1.54, 1.807) is 0 Å². The van der Waals surface area contributed by atoms with Crippen molar-refractivity contribution < 1.29 is 10.2 Å². The van der Waals surface area contributed by atoms with Gasteiger partial charge in [-0.1, -0.05) is 36.4 Å². The van der Waals surface area contributed by atoms with Gasteiger partial charge in [0.15, 0.2) is 0 Å². The predicted octanol–water partition coefficient (Wildman–Crippen LogP) is 2.98. The lowest BCUT2D eigenvalue weighted by Gasteiger charge is -2.15. The smallest absolute Gasteiger partial charge is 0.121 e. The summed E-state index contributed by atoms with van der Waals surface area (Å²) >= 11 is 0. The largest absolute Gasteiger partial charge is 0.507 e. The molecule has 0 fully saturated rings. The van der Waals surface area contributed by atoms with Crippen molar-refractivity contribution in [3.8, 4) is 11.5 Å². The third-order valence-electron chi connectivity index (χ3n) is 3.73. The number of aryl methyl sites for hydroxylation is 4. The summed E-state index contributed by atoms with van der Waals surface area (Å²) in [6.45, 7) is 0. The van der Waals surface area contributed by atoms with Crippen LogP contribution in [-0.4, -0.2) is 10.2 Å². The molecule has 0 saturated heterocycles. The quantitative estimate of drug-likeness (QED) is 0.743. The van der Waals surface area contributed by atoms with Gasteiger partial charge in [-0.25, -0.2) is 0 Å². The normalized spacial score (nSPS) is 14.2. The highest BCUT2D eigenvalue weighted by molar-refractivity contribution is 5.46. The Morgan fingerprint density at radius 3 is 1.11 bits per heavy atom. The first-order valence-corrected chi connectivity index (χ1v) is 6.35. The van der Waals surface area contributed by atoms with E-state index in [4.69, 9.17) is 0 Å². The van der Waals surface area contributed by atoms with Crippen LogP contribution in [0.4, 0.5) is 0 Å². The highest BCUT2D eigenvalue weighted by Gasteiger charge is 2.13. The van der Waals surface area contributed by atoms with Crippen molar-refractivity contribution in [3.05, 3.63) is 58.7 Å². The molecular weight excluding hydrogens is 224 g/mol. The van der Waals surface area contributed by atoms with Crippen LogP contribution in [-0.2, 0) is 25.7 Å². The highest BCUT2D eigenvalue weighted by atomic mass is 16.3. The van der Waals surface area contributed by atoms with Gasteiger partial charge in [0.2, 0.25) is 0 Å². The van der Waals surface area contributed by atoms with Crippen molar-refractivity contribution >= 4 is 0 Å². The first-order chi connectivity index (χ1) is 8.75. The number of benzene rings is 2. The molecule has 18 heavy (non-hydrogen) atoms. The Bertz CT molecular complexity index is 490. The van der Waals surface area contributed by atoms with Crippen molar-refractivity contribution in [3.63, 3.8) is 0 Å². The second kappa shape index (κ2) is 4.37. The molecule has 2 nitrogen and oxygen atoms in total. The van der Waals surface area contributed by atoms with Crippen molar-refractivity contribution in [2.45, 2.75) is 25.7 Å². The standard InChI is InChI=1S/C16H16O2/c17-15-11-3-1-4-12(15)8-10-14-6-2-5-13(9-7-11)16(14)18/h1-6,17-18H,7-10H2. The molecule has 2 heteroatoms. The Morgan fingerprint density at radius 2 is 0.833 bits per heavy atom. The molecule has 1 aliphatic rings. The molecular formula is C16H16O2. The zero-order valence-electron chi connectivity index (χ0n) is 10.2. The average molecular weight is 240 g/mol. The van der Waals surface area contributed by atoms with E-state index in [0.29, 0.717) is 11.5 Å². The number of phenolic OH excluding ortho intramolecular Hbond substituents is 2. The summed E-state index contributed by atoms with van der Waals surface area (Å²) in [6.07, 6.45) is 3.04. The Labute approximate surface area is 107 Å². The van der Waals surface area contributed by atoms with Gasteiger partial charge in [-0.2, -0.15) is 0 Å². The zero-order valence-corrected chi connectivity index (χ0v) is 10.2. The Morgan fingerprint density at radius 1 is 0.556 bits per heavy atom. The average Bonchev–Trinajstić information content (AvgIpc) is 2.38. The van der Waals surface area contributed by atoms with Gasteiger partial charge in [-0.3, -0.25) is 0 Å². The molecule has 0 heterocycles. The number of hydrogen-bond donors (Lipinski definition) is 2. The summed E-state index contributed by atoms with van der Waals surface area (Å²) in [4.78, 5) is 0. The van der Waals surface area contributed by atoms with Crippen molar-refractivity contribution in [2.75, 3.05) is 0 Å².